The molecule has 0 saturated heterocycles. The largest absolute Gasteiger partial charge is 0.416 e. The first-order valence-electron chi connectivity index (χ1n) is 11.1. The molecule has 2 aromatic carbocycles. The molecular weight excluding hydrogens is 566 g/mol. The first kappa shape index (κ1) is 28.3. The predicted octanol–water partition coefficient (Wildman–Crippen LogP) is 3.20. The number of benzene rings is 2. The highest BCUT2D eigenvalue weighted by atomic mass is 35.5. The van der Waals surface area contributed by atoms with Crippen molar-refractivity contribution in [2.45, 2.75) is 25.4 Å². The molecule has 4 rings (SSSR count). The number of aliphatic hydroxyl groups excluding tert-OH is 1. The van der Waals surface area contributed by atoms with Crippen molar-refractivity contribution in [2.24, 2.45) is 0 Å². The van der Waals surface area contributed by atoms with E-state index < -0.39 is 37.0 Å². The smallest absolute Gasteiger partial charge is 0.382 e. The van der Waals surface area contributed by atoms with E-state index in [9.17, 15) is 27.9 Å². The minimum atomic E-state index is -4.97. The van der Waals surface area contributed by atoms with Crippen LogP contribution in [-0.2, 0) is 17.9 Å². The predicted molar refractivity (Wildman–Crippen MR) is 134 cm³/mol. The quantitative estimate of drug-likeness (QED) is 0.315. The number of carbonyl (C=O) groups is 1. The Balaban J connectivity index is 1.80. The molecule has 11 nitrogen and oxygen atoms in total. The Hall–Kier alpha value is -3.72. The molecule has 1 N–H and O–H groups in total. The van der Waals surface area contributed by atoms with Gasteiger partial charge in [0.15, 0.2) is 17.8 Å². The van der Waals surface area contributed by atoms with E-state index in [-0.39, 0.29) is 23.0 Å². The summed E-state index contributed by atoms with van der Waals surface area (Å²) in [6, 6.07) is 12.3. The number of hydroxylamine groups is 2. The summed E-state index contributed by atoms with van der Waals surface area (Å²) >= 11 is 12.0. The summed E-state index contributed by atoms with van der Waals surface area (Å²) in [4.78, 5) is 35.2. The van der Waals surface area contributed by atoms with E-state index in [1.54, 1.807) is 18.2 Å². The van der Waals surface area contributed by atoms with Crippen molar-refractivity contribution in [3.63, 3.8) is 0 Å². The average molecular weight is 586 g/mol. The van der Waals surface area contributed by atoms with Gasteiger partial charge in [-0.3, -0.25) is 14.2 Å². The molecule has 2 aromatic heterocycles. The third-order valence-electron chi connectivity index (χ3n) is 5.50. The monoisotopic (exact) mass is 585 g/mol. The Morgan fingerprint density at radius 3 is 2.44 bits per heavy atom. The Morgan fingerprint density at radius 2 is 1.82 bits per heavy atom. The maximum absolute atomic E-state index is 13.2. The maximum atomic E-state index is 13.2. The van der Waals surface area contributed by atoms with Crippen molar-refractivity contribution in [3.8, 4) is 17.1 Å². The highest BCUT2D eigenvalue weighted by Crippen LogP contribution is 2.24. The second kappa shape index (κ2) is 11.2. The molecule has 1 unspecified atom stereocenters. The molecule has 39 heavy (non-hydrogen) atoms. The maximum Gasteiger partial charge on any atom is 0.416 e. The van der Waals surface area contributed by atoms with Gasteiger partial charge in [0.05, 0.1) is 19.3 Å². The number of alkyl halides is 3. The number of nitrogens with zero attached hydrogens (tertiary/aromatic N) is 7. The van der Waals surface area contributed by atoms with E-state index in [0.29, 0.717) is 20.3 Å². The summed E-state index contributed by atoms with van der Waals surface area (Å²) in [6.07, 6.45) is -7.80. The molecule has 0 aliphatic rings. The minimum absolute atomic E-state index is 0.0615. The highest BCUT2D eigenvalue weighted by Gasteiger charge is 2.39. The Kier molecular flexibility index (Phi) is 8.11. The van der Waals surface area contributed by atoms with Crippen LogP contribution in [0, 0.1) is 0 Å². The van der Waals surface area contributed by atoms with Gasteiger partial charge in [0.25, 0.3) is 0 Å². The third kappa shape index (κ3) is 6.14. The van der Waals surface area contributed by atoms with Crippen LogP contribution < -0.4 is 5.69 Å². The van der Waals surface area contributed by atoms with Gasteiger partial charge in [-0.15, -0.1) is 10.2 Å². The van der Waals surface area contributed by atoms with E-state index in [1.807, 2.05) is 0 Å². The van der Waals surface area contributed by atoms with Gasteiger partial charge < -0.3 is 5.11 Å². The second-order valence-electron chi connectivity index (χ2n) is 8.17. The molecule has 0 aliphatic heterocycles. The second-order valence-corrected chi connectivity index (χ2v) is 9.04. The van der Waals surface area contributed by atoms with Gasteiger partial charge in [0.1, 0.15) is 6.54 Å². The van der Waals surface area contributed by atoms with Crippen molar-refractivity contribution >= 4 is 29.1 Å². The Morgan fingerprint density at radius 1 is 1.13 bits per heavy atom. The van der Waals surface area contributed by atoms with Gasteiger partial charge in [0, 0.05) is 22.7 Å². The molecule has 16 heteroatoms. The van der Waals surface area contributed by atoms with Crippen LogP contribution in [-0.4, -0.2) is 71.6 Å². The number of halogens is 5. The molecule has 1 amide bonds. The van der Waals surface area contributed by atoms with Crippen LogP contribution in [0.5, 0.6) is 0 Å². The Labute approximate surface area is 228 Å². The topological polar surface area (TPSA) is 120 Å². The van der Waals surface area contributed by atoms with E-state index in [1.165, 1.54) is 49.2 Å². The SMILES string of the molecule is CON(C)C(=O)c1nc(Cn2nc(-c3ccc(Cl)cc3)n(CC(O)C(F)(F)F)c2=O)nn1-c1cccc(Cl)c1. The minimum Gasteiger partial charge on any atom is -0.382 e. The lowest BCUT2D eigenvalue weighted by Gasteiger charge is -2.15. The zero-order valence-corrected chi connectivity index (χ0v) is 21.8. The molecule has 0 aliphatic carbocycles. The molecule has 2 heterocycles. The zero-order valence-electron chi connectivity index (χ0n) is 20.3. The molecule has 4 aromatic rings. The molecule has 0 saturated carbocycles. The molecule has 0 spiro atoms. The highest BCUT2D eigenvalue weighted by molar-refractivity contribution is 6.31. The molecule has 1 atom stereocenters. The normalized spacial score (nSPS) is 12.5. The van der Waals surface area contributed by atoms with Gasteiger partial charge in [0.2, 0.25) is 5.82 Å². The average Bonchev–Trinajstić information content (AvgIpc) is 3.45. The van der Waals surface area contributed by atoms with Crippen molar-refractivity contribution in [2.75, 3.05) is 14.2 Å². The summed E-state index contributed by atoms with van der Waals surface area (Å²) in [7, 11) is 2.63. The van der Waals surface area contributed by atoms with Crippen LogP contribution >= 0.6 is 23.2 Å². The van der Waals surface area contributed by atoms with E-state index in [4.69, 9.17) is 28.0 Å². The number of rotatable bonds is 8. The van der Waals surface area contributed by atoms with Gasteiger partial charge in [-0.1, -0.05) is 29.3 Å². The number of amides is 1. The summed E-state index contributed by atoms with van der Waals surface area (Å²) in [5.41, 5.74) is -0.314. The van der Waals surface area contributed by atoms with E-state index >= 15 is 0 Å². The van der Waals surface area contributed by atoms with Crippen LogP contribution in [0.1, 0.15) is 16.4 Å². The van der Waals surface area contributed by atoms with Crippen molar-refractivity contribution < 1.29 is 27.9 Å². The van der Waals surface area contributed by atoms with E-state index in [2.05, 4.69) is 15.2 Å². The number of carbonyl (C=O) groups excluding carboxylic acids is 1. The van der Waals surface area contributed by atoms with Crippen molar-refractivity contribution in [1.82, 2.24) is 34.2 Å². The first-order valence-corrected chi connectivity index (χ1v) is 11.9. The summed E-state index contributed by atoms with van der Waals surface area (Å²) < 4.78 is 42.1. The fraction of sp³-hybridized carbons (Fsp3) is 0.261. The van der Waals surface area contributed by atoms with Crippen LogP contribution in [0.25, 0.3) is 17.1 Å². The fourth-order valence-corrected chi connectivity index (χ4v) is 3.81. The van der Waals surface area contributed by atoms with Crippen LogP contribution in [0.15, 0.2) is 53.3 Å². The van der Waals surface area contributed by atoms with Gasteiger partial charge >= 0.3 is 17.8 Å². The summed E-state index contributed by atoms with van der Waals surface area (Å²) in [6.45, 7) is -1.52. The first-order chi connectivity index (χ1) is 18.4. The lowest BCUT2D eigenvalue weighted by Crippen LogP contribution is -2.37. The fourth-order valence-electron chi connectivity index (χ4n) is 3.50. The summed E-state index contributed by atoms with van der Waals surface area (Å²) in [5.74, 6) is -1.07. The van der Waals surface area contributed by atoms with Gasteiger partial charge in [-0.05, 0) is 42.5 Å². The number of aliphatic hydroxyl groups is 1. The van der Waals surface area contributed by atoms with Crippen molar-refractivity contribution in [1.29, 1.82) is 0 Å². The molecule has 0 bridgehead atoms. The summed E-state index contributed by atoms with van der Waals surface area (Å²) in [5, 5.41) is 19.8. The lowest BCUT2D eigenvalue weighted by atomic mass is 10.2. The van der Waals surface area contributed by atoms with Crippen molar-refractivity contribution in [3.05, 3.63) is 80.7 Å². The molecule has 206 valence electrons. The Bertz CT molecular complexity index is 1550. The van der Waals surface area contributed by atoms with Gasteiger partial charge in [-0.2, -0.15) is 13.2 Å². The number of hydrogen-bond acceptors (Lipinski definition) is 7. The number of aromatic nitrogens is 6. The molecule has 0 fully saturated rings. The van der Waals surface area contributed by atoms with Crippen LogP contribution in [0.2, 0.25) is 10.0 Å². The molecular formula is C23H20Cl2F3N7O4. The van der Waals surface area contributed by atoms with Gasteiger partial charge in [-0.25, -0.2) is 24.2 Å². The standard InChI is InChI=1S/C23H20Cl2F3N7O4/c1-32(39-2)21(37)20-29-18(30-35(20)16-5-3-4-15(25)10-16)12-34-22(38)33(11-17(36)23(26,27)28)19(31-34)13-6-8-14(24)9-7-13/h3-10,17,36H,11-12H2,1-2H3. The van der Waals surface area contributed by atoms with Crippen LogP contribution in [0.3, 0.4) is 0 Å². The zero-order chi connectivity index (χ0) is 28.5. The molecule has 0 radical (unpaired) electrons. The third-order valence-corrected chi connectivity index (χ3v) is 5.99. The lowest BCUT2D eigenvalue weighted by molar-refractivity contribution is -0.207. The van der Waals surface area contributed by atoms with Crippen LogP contribution in [0.4, 0.5) is 13.2 Å². The van der Waals surface area contributed by atoms with E-state index in [0.717, 1.165) is 9.75 Å². The number of hydrogen-bond donors (Lipinski definition) is 1.